The number of nitrogens with one attached hydrogen (secondary N) is 1. The van der Waals surface area contributed by atoms with Gasteiger partial charge in [0.1, 0.15) is 17.8 Å². The van der Waals surface area contributed by atoms with E-state index in [9.17, 15) is 18.0 Å². The second kappa shape index (κ2) is 12.7. The molecule has 0 radical (unpaired) electrons. The highest BCUT2D eigenvalue weighted by Gasteiger charge is 2.34. The fourth-order valence-electron chi connectivity index (χ4n) is 4.99. The Labute approximate surface area is 252 Å². The van der Waals surface area contributed by atoms with Gasteiger partial charge in [0.15, 0.2) is 0 Å². The molecule has 1 aliphatic heterocycles. The SMILES string of the molecule is CCN1CCN(Cc2ccc(NC(=O)c3ccc(C)c(Oc4ncnc5cc(Cl)c(OC)cc45)c3)cc2C(F)(F)F)CC1. The lowest BCUT2D eigenvalue weighted by Crippen LogP contribution is -2.45. The van der Waals surface area contributed by atoms with Crippen LogP contribution in [0, 0.1) is 6.92 Å². The van der Waals surface area contributed by atoms with Crippen molar-refractivity contribution in [3.05, 3.63) is 82.1 Å². The van der Waals surface area contributed by atoms with Crippen molar-refractivity contribution in [2.45, 2.75) is 26.6 Å². The quantitative estimate of drug-likeness (QED) is 0.234. The zero-order valence-electron chi connectivity index (χ0n) is 24.0. The van der Waals surface area contributed by atoms with E-state index in [1.54, 1.807) is 31.2 Å². The molecule has 0 bridgehead atoms. The fourth-order valence-corrected chi connectivity index (χ4v) is 5.23. The molecule has 43 heavy (non-hydrogen) atoms. The van der Waals surface area contributed by atoms with Crippen LogP contribution in [0.2, 0.25) is 5.02 Å². The maximum atomic E-state index is 14.1. The monoisotopic (exact) mass is 613 g/mol. The maximum Gasteiger partial charge on any atom is 0.416 e. The van der Waals surface area contributed by atoms with Gasteiger partial charge in [-0.3, -0.25) is 9.69 Å². The molecule has 0 atom stereocenters. The first-order chi connectivity index (χ1) is 20.5. The van der Waals surface area contributed by atoms with E-state index < -0.39 is 17.6 Å². The average molecular weight is 614 g/mol. The van der Waals surface area contributed by atoms with Crippen LogP contribution < -0.4 is 14.8 Å². The highest BCUT2D eigenvalue weighted by molar-refractivity contribution is 6.32. The summed E-state index contributed by atoms with van der Waals surface area (Å²) in [7, 11) is 1.49. The van der Waals surface area contributed by atoms with Crippen molar-refractivity contribution in [2.75, 3.05) is 45.2 Å². The Morgan fingerprint density at radius 1 is 1.00 bits per heavy atom. The number of methoxy groups -OCH3 is 1. The number of rotatable bonds is 8. The van der Waals surface area contributed by atoms with Gasteiger partial charge in [-0.25, -0.2) is 9.97 Å². The minimum atomic E-state index is -4.57. The second-order valence-electron chi connectivity index (χ2n) is 10.3. The number of fused-ring (bicyclic) bond motifs is 1. The molecule has 226 valence electrons. The number of anilines is 1. The number of piperazine rings is 1. The molecule has 4 aromatic rings. The lowest BCUT2D eigenvalue weighted by molar-refractivity contribution is -0.138. The molecule has 1 amide bonds. The van der Waals surface area contributed by atoms with Crippen molar-refractivity contribution >= 4 is 34.1 Å². The first-order valence-electron chi connectivity index (χ1n) is 13.8. The Balaban J connectivity index is 1.35. The van der Waals surface area contributed by atoms with Crippen LogP contribution in [0.15, 0.2) is 54.9 Å². The normalized spacial score (nSPS) is 14.6. The van der Waals surface area contributed by atoms with E-state index in [0.29, 0.717) is 46.1 Å². The summed E-state index contributed by atoms with van der Waals surface area (Å²) in [4.78, 5) is 25.9. The van der Waals surface area contributed by atoms with Crippen LogP contribution in [0.1, 0.15) is 34.0 Å². The zero-order chi connectivity index (χ0) is 30.7. The summed E-state index contributed by atoms with van der Waals surface area (Å²) in [5.74, 6) is 0.405. The third-order valence-corrected chi connectivity index (χ3v) is 7.80. The molecule has 5 rings (SSSR count). The van der Waals surface area contributed by atoms with Gasteiger partial charge in [-0.05, 0) is 61.0 Å². The van der Waals surface area contributed by atoms with Gasteiger partial charge in [-0.1, -0.05) is 30.7 Å². The second-order valence-corrected chi connectivity index (χ2v) is 10.7. The van der Waals surface area contributed by atoms with Crippen molar-refractivity contribution in [2.24, 2.45) is 0 Å². The highest BCUT2D eigenvalue weighted by atomic mass is 35.5. The number of ether oxygens (including phenoxy) is 2. The van der Waals surface area contributed by atoms with Crippen molar-refractivity contribution in [3.63, 3.8) is 0 Å². The Hall–Kier alpha value is -3.93. The lowest BCUT2D eigenvalue weighted by atomic mass is 10.0. The molecule has 1 aromatic heterocycles. The number of benzene rings is 3. The van der Waals surface area contributed by atoms with Crippen LogP contribution in [0.4, 0.5) is 18.9 Å². The van der Waals surface area contributed by atoms with Crippen LogP contribution in [0.5, 0.6) is 17.4 Å². The van der Waals surface area contributed by atoms with E-state index in [4.69, 9.17) is 21.1 Å². The number of carbonyl (C=O) groups is 1. The van der Waals surface area contributed by atoms with Gasteiger partial charge in [0.2, 0.25) is 5.88 Å². The number of halogens is 4. The summed E-state index contributed by atoms with van der Waals surface area (Å²) in [6.45, 7) is 8.04. The van der Waals surface area contributed by atoms with Gasteiger partial charge in [0, 0.05) is 44.0 Å². The number of aromatic nitrogens is 2. The molecular weight excluding hydrogens is 583 g/mol. The van der Waals surface area contributed by atoms with Crippen molar-refractivity contribution < 1.29 is 27.4 Å². The number of alkyl halides is 3. The van der Waals surface area contributed by atoms with Crippen LogP contribution in [0.3, 0.4) is 0 Å². The molecule has 0 saturated carbocycles. The summed E-state index contributed by atoms with van der Waals surface area (Å²) in [5.41, 5.74) is 0.915. The highest BCUT2D eigenvalue weighted by Crippen LogP contribution is 2.36. The molecule has 1 fully saturated rings. The Bertz CT molecular complexity index is 1640. The molecule has 0 aliphatic carbocycles. The molecule has 1 N–H and O–H groups in total. The number of likely N-dealkylation sites (N-methyl/N-ethyl adjacent to an activating group) is 1. The summed E-state index contributed by atoms with van der Waals surface area (Å²) >= 11 is 6.22. The zero-order valence-corrected chi connectivity index (χ0v) is 24.7. The maximum absolute atomic E-state index is 14.1. The van der Waals surface area contributed by atoms with Crippen molar-refractivity contribution in [3.8, 4) is 17.4 Å². The molecule has 2 heterocycles. The molecule has 0 unspecified atom stereocenters. The minimum Gasteiger partial charge on any atom is -0.495 e. The predicted octanol–water partition coefficient (Wildman–Crippen LogP) is 6.80. The first-order valence-corrected chi connectivity index (χ1v) is 14.2. The van der Waals surface area contributed by atoms with Crippen LogP contribution in [-0.2, 0) is 12.7 Å². The van der Waals surface area contributed by atoms with Gasteiger partial charge >= 0.3 is 6.18 Å². The minimum absolute atomic E-state index is 0.0469. The van der Waals surface area contributed by atoms with Gasteiger partial charge in [-0.15, -0.1) is 0 Å². The molecule has 1 saturated heterocycles. The van der Waals surface area contributed by atoms with Crippen molar-refractivity contribution in [1.29, 1.82) is 0 Å². The number of aryl methyl sites for hydroxylation is 1. The number of amides is 1. The molecule has 12 heteroatoms. The Morgan fingerprint density at radius 3 is 2.44 bits per heavy atom. The third-order valence-electron chi connectivity index (χ3n) is 7.51. The molecule has 0 spiro atoms. The van der Waals surface area contributed by atoms with E-state index in [1.807, 2.05) is 4.90 Å². The summed E-state index contributed by atoms with van der Waals surface area (Å²) in [5, 5.41) is 3.53. The molecule has 3 aromatic carbocycles. The number of nitrogens with zero attached hydrogens (tertiary/aromatic N) is 4. The first kappa shape index (κ1) is 30.5. The smallest absolute Gasteiger partial charge is 0.416 e. The average Bonchev–Trinajstić information content (AvgIpc) is 2.98. The van der Waals surface area contributed by atoms with Gasteiger partial charge in [0.25, 0.3) is 5.91 Å². The largest absolute Gasteiger partial charge is 0.495 e. The van der Waals surface area contributed by atoms with E-state index in [1.165, 1.54) is 31.6 Å². The fraction of sp³-hybridized carbons (Fsp3) is 0.323. The Morgan fingerprint density at radius 2 is 1.74 bits per heavy atom. The summed E-state index contributed by atoms with van der Waals surface area (Å²) in [6.07, 6.45) is -3.24. The van der Waals surface area contributed by atoms with E-state index in [2.05, 4.69) is 27.1 Å². The van der Waals surface area contributed by atoms with Crippen molar-refractivity contribution in [1.82, 2.24) is 19.8 Å². The number of hydrogen-bond donors (Lipinski definition) is 1. The van der Waals surface area contributed by atoms with Crippen LogP contribution >= 0.6 is 11.6 Å². The topological polar surface area (TPSA) is 79.8 Å². The van der Waals surface area contributed by atoms with E-state index in [-0.39, 0.29) is 29.2 Å². The number of hydrogen-bond acceptors (Lipinski definition) is 7. The number of carbonyl (C=O) groups excluding carboxylic acids is 1. The van der Waals surface area contributed by atoms with E-state index in [0.717, 1.165) is 25.7 Å². The van der Waals surface area contributed by atoms with E-state index >= 15 is 0 Å². The van der Waals surface area contributed by atoms with Crippen LogP contribution in [0.25, 0.3) is 10.9 Å². The molecule has 8 nitrogen and oxygen atoms in total. The van der Waals surface area contributed by atoms with Gasteiger partial charge in [0.05, 0.1) is 28.6 Å². The predicted molar refractivity (Wildman–Crippen MR) is 159 cm³/mol. The summed E-state index contributed by atoms with van der Waals surface area (Å²) in [6, 6.07) is 12.0. The van der Waals surface area contributed by atoms with Crippen LogP contribution in [-0.4, -0.2) is 65.5 Å². The lowest BCUT2D eigenvalue weighted by Gasteiger charge is -2.34. The van der Waals surface area contributed by atoms with Gasteiger partial charge in [-0.2, -0.15) is 13.2 Å². The summed E-state index contributed by atoms with van der Waals surface area (Å²) < 4.78 is 53.6. The third kappa shape index (κ3) is 7.01. The standard InChI is InChI=1S/C31H31ClF3N5O3/c1-4-39-9-11-40(12-10-39)17-21-7-8-22(14-24(21)31(33,34)35)38-29(41)20-6-5-19(2)27(13-20)43-30-23-15-28(42-3)25(32)16-26(23)36-18-37-30/h5-8,13-16,18H,4,9-12,17H2,1-3H3,(H,38,41). The molecular formula is C31H31ClF3N5O3. The Kier molecular flexibility index (Phi) is 9.05. The van der Waals surface area contributed by atoms with Gasteiger partial charge < -0.3 is 19.7 Å². The molecule has 1 aliphatic rings.